The lowest BCUT2D eigenvalue weighted by Crippen LogP contribution is -2.33. The molecule has 2 aromatic rings. The maximum absolute atomic E-state index is 12.6. The number of hydrogen-bond acceptors (Lipinski definition) is 4. The van der Waals surface area contributed by atoms with Gasteiger partial charge in [0, 0.05) is 13.1 Å². The predicted molar refractivity (Wildman–Crippen MR) is 60.6 cm³/mol. The van der Waals surface area contributed by atoms with Gasteiger partial charge in [-0.1, -0.05) is 0 Å². The summed E-state index contributed by atoms with van der Waals surface area (Å²) in [6.07, 6.45) is -4.73. The molecular formula is C12H11F3N2O2. The van der Waals surface area contributed by atoms with Crippen LogP contribution >= 0.6 is 0 Å². The van der Waals surface area contributed by atoms with E-state index in [-0.39, 0.29) is 11.6 Å². The highest BCUT2D eigenvalue weighted by Gasteiger charge is 2.31. The third-order valence-electron chi connectivity index (χ3n) is 2.93. The standard InChI is InChI=1S/C12H11F3N2O2/c13-12(14,15)7-1-2-9-8(5-7)17-11(19-9)10-6-16-3-4-18-10/h1-2,5,10,16H,3-4,6H2. The zero-order chi connectivity index (χ0) is 13.5. The Bertz CT molecular complexity index is 588. The van der Waals surface area contributed by atoms with Crippen LogP contribution in [0.15, 0.2) is 22.6 Å². The summed E-state index contributed by atoms with van der Waals surface area (Å²) in [4.78, 5) is 4.08. The Kier molecular flexibility index (Phi) is 2.94. The van der Waals surface area contributed by atoms with Gasteiger partial charge in [-0.2, -0.15) is 13.2 Å². The van der Waals surface area contributed by atoms with Gasteiger partial charge >= 0.3 is 6.18 Å². The van der Waals surface area contributed by atoms with Gasteiger partial charge in [-0.3, -0.25) is 0 Å². The minimum absolute atomic E-state index is 0.194. The van der Waals surface area contributed by atoms with Gasteiger partial charge in [0.25, 0.3) is 0 Å². The maximum Gasteiger partial charge on any atom is 0.416 e. The first kappa shape index (κ1) is 12.4. The average molecular weight is 272 g/mol. The molecule has 0 spiro atoms. The molecule has 1 N–H and O–H groups in total. The smallest absolute Gasteiger partial charge is 0.416 e. The monoisotopic (exact) mass is 272 g/mol. The van der Waals surface area contributed by atoms with Crippen LogP contribution in [0.2, 0.25) is 0 Å². The predicted octanol–water partition coefficient (Wildman–Crippen LogP) is 2.51. The summed E-state index contributed by atoms with van der Waals surface area (Å²) in [6.45, 7) is 1.81. The van der Waals surface area contributed by atoms with Crippen molar-refractivity contribution in [2.24, 2.45) is 0 Å². The van der Waals surface area contributed by atoms with Crippen LogP contribution in [0.1, 0.15) is 17.6 Å². The molecule has 19 heavy (non-hydrogen) atoms. The molecule has 0 saturated carbocycles. The number of benzene rings is 1. The molecular weight excluding hydrogens is 261 g/mol. The van der Waals surface area contributed by atoms with Gasteiger partial charge in [-0.05, 0) is 18.2 Å². The molecule has 0 radical (unpaired) electrons. The molecule has 3 rings (SSSR count). The van der Waals surface area contributed by atoms with Gasteiger partial charge in [0.1, 0.15) is 11.6 Å². The SMILES string of the molecule is FC(F)(F)c1ccc2oc(C3CNCCO3)nc2c1. The van der Waals surface area contributed by atoms with E-state index in [1.165, 1.54) is 6.07 Å². The molecule has 2 heterocycles. The lowest BCUT2D eigenvalue weighted by molar-refractivity contribution is -0.137. The summed E-state index contributed by atoms with van der Waals surface area (Å²) in [7, 11) is 0. The zero-order valence-electron chi connectivity index (χ0n) is 9.83. The summed E-state index contributed by atoms with van der Waals surface area (Å²) in [5.41, 5.74) is -0.210. The van der Waals surface area contributed by atoms with Crippen LogP contribution in [0.3, 0.4) is 0 Å². The van der Waals surface area contributed by atoms with Crippen molar-refractivity contribution in [3.8, 4) is 0 Å². The van der Waals surface area contributed by atoms with Crippen LogP contribution in [0, 0.1) is 0 Å². The molecule has 0 aliphatic carbocycles. The van der Waals surface area contributed by atoms with Gasteiger partial charge in [0.2, 0.25) is 5.89 Å². The quantitative estimate of drug-likeness (QED) is 0.866. The number of alkyl halides is 3. The summed E-state index contributed by atoms with van der Waals surface area (Å²) in [5.74, 6) is 0.307. The molecule has 1 aliphatic heterocycles. The Hall–Kier alpha value is -1.60. The van der Waals surface area contributed by atoms with Crippen molar-refractivity contribution in [1.29, 1.82) is 0 Å². The van der Waals surface area contributed by atoms with E-state index in [2.05, 4.69) is 10.3 Å². The lowest BCUT2D eigenvalue weighted by Gasteiger charge is -2.20. The first-order chi connectivity index (χ1) is 9.04. The third-order valence-corrected chi connectivity index (χ3v) is 2.93. The molecule has 7 heteroatoms. The van der Waals surface area contributed by atoms with E-state index in [9.17, 15) is 13.2 Å². The van der Waals surface area contributed by atoms with E-state index in [1.54, 1.807) is 0 Å². The fraction of sp³-hybridized carbons (Fsp3) is 0.417. The molecule has 1 aromatic heterocycles. The zero-order valence-corrected chi connectivity index (χ0v) is 9.83. The van der Waals surface area contributed by atoms with Crippen LogP contribution < -0.4 is 5.32 Å². The number of aromatic nitrogens is 1. The molecule has 1 aliphatic rings. The minimum atomic E-state index is -4.38. The first-order valence-electron chi connectivity index (χ1n) is 5.84. The van der Waals surface area contributed by atoms with Crippen molar-refractivity contribution >= 4 is 11.1 Å². The Balaban J connectivity index is 1.96. The van der Waals surface area contributed by atoms with Crippen molar-refractivity contribution in [2.45, 2.75) is 12.3 Å². The third kappa shape index (κ3) is 2.43. The maximum atomic E-state index is 12.6. The van der Waals surface area contributed by atoms with E-state index in [0.717, 1.165) is 18.7 Å². The summed E-state index contributed by atoms with van der Waals surface area (Å²) in [5, 5.41) is 3.11. The second-order valence-electron chi connectivity index (χ2n) is 4.30. The topological polar surface area (TPSA) is 47.3 Å². The summed E-state index contributed by atoms with van der Waals surface area (Å²) < 4.78 is 48.6. The first-order valence-corrected chi connectivity index (χ1v) is 5.84. The van der Waals surface area contributed by atoms with Crippen LogP contribution in [0.4, 0.5) is 13.2 Å². The molecule has 0 bridgehead atoms. The van der Waals surface area contributed by atoms with Crippen LogP contribution in [0.5, 0.6) is 0 Å². The van der Waals surface area contributed by atoms with Crippen LogP contribution in [-0.2, 0) is 10.9 Å². The number of morpholine rings is 1. The number of ether oxygens (including phenoxy) is 1. The van der Waals surface area contributed by atoms with Crippen molar-refractivity contribution < 1.29 is 22.3 Å². The molecule has 1 fully saturated rings. The fourth-order valence-corrected chi connectivity index (χ4v) is 1.98. The highest BCUT2D eigenvalue weighted by molar-refractivity contribution is 5.73. The number of hydrogen-bond donors (Lipinski definition) is 1. The van der Waals surface area contributed by atoms with Gasteiger partial charge < -0.3 is 14.5 Å². The number of rotatable bonds is 1. The number of fused-ring (bicyclic) bond motifs is 1. The Morgan fingerprint density at radius 2 is 2.16 bits per heavy atom. The molecule has 4 nitrogen and oxygen atoms in total. The molecule has 102 valence electrons. The second kappa shape index (κ2) is 4.50. The minimum Gasteiger partial charge on any atom is -0.438 e. The summed E-state index contributed by atoms with van der Waals surface area (Å²) in [6, 6.07) is 3.25. The normalized spacial score (nSPS) is 20.9. The Labute approximate surface area is 106 Å². The van der Waals surface area contributed by atoms with Gasteiger partial charge in [0.15, 0.2) is 5.58 Å². The van der Waals surface area contributed by atoms with Gasteiger partial charge in [0.05, 0.1) is 12.2 Å². The van der Waals surface area contributed by atoms with Gasteiger partial charge in [-0.25, -0.2) is 4.98 Å². The Morgan fingerprint density at radius 1 is 1.32 bits per heavy atom. The lowest BCUT2D eigenvalue weighted by atomic mass is 10.2. The highest BCUT2D eigenvalue weighted by atomic mass is 19.4. The number of oxazole rings is 1. The van der Waals surface area contributed by atoms with E-state index < -0.39 is 11.7 Å². The van der Waals surface area contributed by atoms with Crippen LogP contribution in [0.25, 0.3) is 11.1 Å². The largest absolute Gasteiger partial charge is 0.438 e. The van der Waals surface area contributed by atoms with E-state index in [1.807, 2.05) is 0 Å². The van der Waals surface area contributed by atoms with E-state index in [0.29, 0.717) is 24.6 Å². The highest BCUT2D eigenvalue weighted by Crippen LogP contribution is 2.32. The summed E-state index contributed by atoms with van der Waals surface area (Å²) >= 11 is 0. The van der Waals surface area contributed by atoms with Crippen molar-refractivity contribution in [3.63, 3.8) is 0 Å². The second-order valence-corrected chi connectivity index (χ2v) is 4.30. The fourth-order valence-electron chi connectivity index (χ4n) is 1.98. The average Bonchev–Trinajstić information content (AvgIpc) is 2.81. The van der Waals surface area contributed by atoms with Crippen molar-refractivity contribution in [3.05, 3.63) is 29.7 Å². The Morgan fingerprint density at radius 3 is 2.84 bits per heavy atom. The molecule has 1 saturated heterocycles. The molecule has 1 atom stereocenters. The molecule has 1 aromatic carbocycles. The van der Waals surface area contributed by atoms with Crippen LogP contribution in [-0.4, -0.2) is 24.7 Å². The number of nitrogens with one attached hydrogen (secondary N) is 1. The number of halogens is 3. The van der Waals surface area contributed by atoms with Crippen molar-refractivity contribution in [2.75, 3.05) is 19.7 Å². The van der Waals surface area contributed by atoms with Crippen molar-refractivity contribution in [1.82, 2.24) is 10.3 Å². The number of nitrogens with zero attached hydrogens (tertiary/aromatic N) is 1. The molecule has 1 unspecified atom stereocenters. The van der Waals surface area contributed by atoms with E-state index in [4.69, 9.17) is 9.15 Å². The molecule has 0 amide bonds. The van der Waals surface area contributed by atoms with Gasteiger partial charge in [-0.15, -0.1) is 0 Å². The van der Waals surface area contributed by atoms with E-state index >= 15 is 0 Å².